The van der Waals surface area contributed by atoms with Gasteiger partial charge in [-0.15, -0.1) is 0 Å². The standard InChI is InChI=1S/C26H37N9O6/c27-18(11-15-5-7-17(36)8-6-15)22(37)34-20(12-16-13-30-14-32-16)23(38)33-19(3-1-9-31-26(28)29)24(39)35-10-2-4-21(35)25(40)41/h5-8,13-14,18-21,36H,1-4,9-12,27H2,(H,30,32)(H,33,38)(H,34,37)(H,40,41)(H4,28,29,31). The summed E-state index contributed by atoms with van der Waals surface area (Å²) in [5, 5.41) is 24.4. The summed E-state index contributed by atoms with van der Waals surface area (Å²) in [7, 11) is 0. The SMILES string of the molecule is NC(N)=NCCCC(NC(=O)C(Cc1cnc[nH]1)NC(=O)C(N)Cc1ccc(O)cc1)C(=O)N1CCCC1C(=O)O. The number of aliphatic carboxylic acids is 1. The summed E-state index contributed by atoms with van der Waals surface area (Å²) in [5.41, 5.74) is 18.1. The van der Waals surface area contributed by atoms with E-state index in [1.165, 1.54) is 29.6 Å². The number of aliphatic imine (C=N–C) groups is 1. The number of imidazole rings is 1. The van der Waals surface area contributed by atoms with E-state index in [-0.39, 0.29) is 44.1 Å². The van der Waals surface area contributed by atoms with Crippen LogP contribution in [-0.4, -0.2) is 92.0 Å². The lowest BCUT2D eigenvalue weighted by atomic mass is 10.0. The lowest BCUT2D eigenvalue weighted by Gasteiger charge is -2.29. The predicted molar refractivity (Wildman–Crippen MR) is 148 cm³/mol. The van der Waals surface area contributed by atoms with E-state index in [4.69, 9.17) is 17.2 Å². The van der Waals surface area contributed by atoms with Gasteiger partial charge in [-0.05, 0) is 49.8 Å². The van der Waals surface area contributed by atoms with E-state index in [9.17, 15) is 29.4 Å². The van der Waals surface area contributed by atoms with Crippen molar-refractivity contribution in [1.82, 2.24) is 25.5 Å². The molecule has 1 saturated heterocycles. The summed E-state index contributed by atoms with van der Waals surface area (Å²) < 4.78 is 0. The van der Waals surface area contributed by atoms with Gasteiger partial charge in [-0.3, -0.25) is 19.4 Å². The number of nitrogens with zero attached hydrogens (tertiary/aromatic N) is 3. The molecular weight excluding hydrogens is 534 g/mol. The Morgan fingerprint density at radius 3 is 2.44 bits per heavy atom. The third kappa shape index (κ3) is 9.20. The Morgan fingerprint density at radius 1 is 1.10 bits per heavy atom. The van der Waals surface area contributed by atoms with Crippen LogP contribution in [0.3, 0.4) is 0 Å². The first-order valence-corrected chi connectivity index (χ1v) is 13.2. The van der Waals surface area contributed by atoms with Crippen LogP contribution < -0.4 is 27.8 Å². The van der Waals surface area contributed by atoms with E-state index in [0.717, 1.165) is 0 Å². The van der Waals surface area contributed by atoms with Crippen LogP contribution in [0.5, 0.6) is 5.75 Å². The monoisotopic (exact) mass is 571 g/mol. The number of carbonyl (C=O) groups is 4. The number of H-pyrrole nitrogens is 1. The number of hydrogen-bond donors (Lipinski definition) is 8. The molecule has 2 heterocycles. The third-order valence-electron chi connectivity index (χ3n) is 6.72. The minimum absolute atomic E-state index is 0.0277. The lowest BCUT2D eigenvalue weighted by Crippen LogP contribution is -2.57. The van der Waals surface area contributed by atoms with Gasteiger partial charge in [-0.1, -0.05) is 12.1 Å². The van der Waals surface area contributed by atoms with Gasteiger partial charge in [0.2, 0.25) is 17.7 Å². The Bertz CT molecular complexity index is 1210. The Hall–Kier alpha value is -4.66. The summed E-state index contributed by atoms with van der Waals surface area (Å²) in [5.74, 6) is -2.95. The zero-order valence-electron chi connectivity index (χ0n) is 22.5. The van der Waals surface area contributed by atoms with Crippen molar-refractivity contribution in [2.75, 3.05) is 13.1 Å². The molecule has 1 fully saturated rings. The molecule has 3 rings (SSSR count). The molecule has 15 nitrogen and oxygen atoms in total. The fourth-order valence-electron chi connectivity index (χ4n) is 4.60. The number of carboxylic acid groups (broad SMARTS) is 1. The average Bonchev–Trinajstić information content (AvgIpc) is 3.63. The second-order valence-electron chi connectivity index (χ2n) is 9.86. The maximum absolute atomic E-state index is 13.5. The number of phenolic OH excluding ortho intramolecular Hbond substituents is 1. The summed E-state index contributed by atoms with van der Waals surface area (Å²) >= 11 is 0. The van der Waals surface area contributed by atoms with Crippen molar-refractivity contribution in [3.05, 3.63) is 48.0 Å². The molecule has 4 unspecified atom stereocenters. The molecule has 222 valence electrons. The van der Waals surface area contributed by atoms with Crippen LogP contribution in [0.4, 0.5) is 0 Å². The highest BCUT2D eigenvalue weighted by Crippen LogP contribution is 2.20. The molecule has 1 aliphatic heterocycles. The number of carbonyl (C=O) groups excluding carboxylic acids is 3. The molecule has 15 heteroatoms. The number of guanidine groups is 1. The predicted octanol–water partition coefficient (Wildman–Crippen LogP) is -1.67. The number of carboxylic acids is 1. The van der Waals surface area contributed by atoms with E-state index in [0.29, 0.717) is 30.5 Å². The number of aromatic hydroxyl groups is 1. The van der Waals surface area contributed by atoms with Gasteiger partial charge in [-0.2, -0.15) is 0 Å². The van der Waals surface area contributed by atoms with Crippen molar-refractivity contribution in [1.29, 1.82) is 0 Å². The molecule has 11 N–H and O–H groups in total. The van der Waals surface area contributed by atoms with Gasteiger partial charge in [0.1, 0.15) is 23.9 Å². The minimum Gasteiger partial charge on any atom is -0.508 e. The first-order valence-electron chi connectivity index (χ1n) is 13.2. The summed E-state index contributed by atoms with van der Waals surface area (Å²) in [4.78, 5) is 63.7. The van der Waals surface area contributed by atoms with E-state index in [2.05, 4.69) is 25.6 Å². The van der Waals surface area contributed by atoms with Gasteiger partial charge in [0.15, 0.2) is 5.96 Å². The van der Waals surface area contributed by atoms with Crippen LogP contribution in [0.25, 0.3) is 0 Å². The molecule has 0 saturated carbocycles. The Kier molecular flexibility index (Phi) is 11.0. The molecule has 4 atom stereocenters. The third-order valence-corrected chi connectivity index (χ3v) is 6.72. The van der Waals surface area contributed by atoms with Gasteiger partial charge in [0.25, 0.3) is 0 Å². The highest BCUT2D eigenvalue weighted by Gasteiger charge is 2.38. The number of aromatic amines is 1. The van der Waals surface area contributed by atoms with Gasteiger partial charge >= 0.3 is 5.97 Å². The molecule has 0 bridgehead atoms. The number of amides is 3. The van der Waals surface area contributed by atoms with E-state index in [1.54, 1.807) is 12.1 Å². The molecule has 1 aliphatic rings. The second kappa shape index (κ2) is 14.6. The molecule has 2 aromatic rings. The number of nitrogens with one attached hydrogen (secondary N) is 3. The summed E-state index contributed by atoms with van der Waals surface area (Å²) in [6.45, 7) is 0.446. The molecule has 0 spiro atoms. The van der Waals surface area contributed by atoms with E-state index in [1.807, 2.05) is 0 Å². The number of benzene rings is 1. The van der Waals surface area contributed by atoms with Crippen molar-refractivity contribution < 1.29 is 29.4 Å². The van der Waals surface area contributed by atoms with Crippen LogP contribution in [-0.2, 0) is 32.0 Å². The van der Waals surface area contributed by atoms with Crippen molar-refractivity contribution in [2.24, 2.45) is 22.2 Å². The topological polar surface area (TPSA) is 255 Å². The highest BCUT2D eigenvalue weighted by atomic mass is 16.4. The maximum Gasteiger partial charge on any atom is 0.326 e. The molecule has 0 radical (unpaired) electrons. The van der Waals surface area contributed by atoms with E-state index >= 15 is 0 Å². The second-order valence-corrected chi connectivity index (χ2v) is 9.86. The maximum atomic E-state index is 13.5. The van der Waals surface area contributed by atoms with Crippen LogP contribution in [0, 0.1) is 0 Å². The first kappa shape index (κ1) is 30.9. The number of hydrogen-bond acceptors (Lipinski definition) is 8. The summed E-state index contributed by atoms with van der Waals surface area (Å²) in [6, 6.07) is 2.03. The summed E-state index contributed by atoms with van der Waals surface area (Å²) in [6.07, 6.45) is 4.41. The molecule has 41 heavy (non-hydrogen) atoms. The molecular formula is C26H37N9O6. The van der Waals surface area contributed by atoms with Crippen LogP contribution in [0.1, 0.15) is 36.9 Å². The molecule has 1 aromatic carbocycles. The van der Waals surface area contributed by atoms with Crippen LogP contribution >= 0.6 is 0 Å². The van der Waals surface area contributed by atoms with Crippen molar-refractivity contribution in [3.8, 4) is 5.75 Å². The lowest BCUT2D eigenvalue weighted by molar-refractivity contribution is -0.149. The molecule has 3 amide bonds. The fourth-order valence-corrected chi connectivity index (χ4v) is 4.60. The minimum atomic E-state index is -1.13. The Balaban J connectivity index is 1.76. The average molecular weight is 572 g/mol. The zero-order valence-corrected chi connectivity index (χ0v) is 22.5. The number of nitrogens with two attached hydrogens (primary N) is 3. The number of rotatable bonds is 14. The van der Waals surface area contributed by atoms with Gasteiger partial charge in [-0.25, -0.2) is 9.78 Å². The normalized spacial score (nSPS) is 16.8. The highest BCUT2D eigenvalue weighted by molar-refractivity contribution is 5.94. The molecule has 1 aromatic heterocycles. The van der Waals surface area contributed by atoms with Crippen molar-refractivity contribution in [3.63, 3.8) is 0 Å². The smallest absolute Gasteiger partial charge is 0.326 e. The van der Waals surface area contributed by atoms with Gasteiger partial charge in [0.05, 0.1) is 12.4 Å². The van der Waals surface area contributed by atoms with Gasteiger partial charge in [0, 0.05) is 31.4 Å². The zero-order chi connectivity index (χ0) is 29.9. The number of aromatic nitrogens is 2. The van der Waals surface area contributed by atoms with Gasteiger partial charge < -0.3 is 47.9 Å². The van der Waals surface area contributed by atoms with Crippen LogP contribution in [0.15, 0.2) is 41.8 Å². The number of likely N-dealkylation sites (tertiary alicyclic amines) is 1. The van der Waals surface area contributed by atoms with Crippen molar-refractivity contribution >= 4 is 29.7 Å². The van der Waals surface area contributed by atoms with E-state index < -0.39 is 47.9 Å². The van der Waals surface area contributed by atoms with Crippen LogP contribution in [0.2, 0.25) is 0 Å². The number of phenols is 1. The largest absolute Gasteiger partial charge is 0.508 e. The molecule has 0 aliphatic carbocycles. The Morgan fingerprint density at radius 2 is 1.80 bits per heavy atom. The fraction of sp³-hybridized carbons (Fsp3) is 0.462. The Labute approximate surface area is 236 Å². The van der Waals surface area contributed by atoms with Crippen molar-refractivity contribution in [2.45, 2.75) is 62.7 Å². The quantitative estimate of drug-likeness (QED) is 0.0726. The first-order chi connectivity index (χ1) is 19.5.